The van der Waals surface area contributed by atoms with Gasteiger partial charge < -0.3 is 10.2 Å². The number of carbonyl (C=O) groups is 2. The lowest BCUT2D eigenvalue weighted by Gasteiger charge is -2.34. The molecule has 0 aliphatic carbocycles. The van der Waals surface area contributed by atoms with Crippen LogP contribution in [0.1, 0.15) is 50.8 Å². The highest BCUT2D eigenvalue weighted by Crippen LogP contribution is 2.25. The zero-order chi connectivity index (χ0) is 26.4. The molecule has 2 rings (SSSR count). The number of hydrogen-bond acceptors (Lipinski definition) is 4. The summed E-state index contributed by atoms with van der Waals surface area (Å²) in [6, 6.07) is 14.4. The van der Waals surface area contributed by atoms with Crippen LogP contribution in [0.3, 0.4) is 0 Å². The average Bonchev–Trinajstić information content (AvgIpc) is 2.75. The molecule has 0 aliphatic rings. The molecular formula is C27H39N3O4S. The van der Waals surface area contributed by atoms with Crippen LogP contribution in [0.25, 0.3) is 0 Å². The minimum atomic E-state index is -3.75. The Labute approximate surface area is 210 Å². The van der Waals surface area contributed by atoms with Gasteiger partial charge in [0.1, 0.15) is 12.6 Å². The number of sulfonamides is 1. The molecule has 0 bridgehead atoms. The average molecular weight is 502 g/mol. The van der Waals surface area contributed by atoms with E-state index in [0.717, 1.165) is 27.3 Å². The first-order chi connectivity index (χ1) is 16.2. The minimum Gasteiger partial charge on any atom is -0.350 e. The zero-order valence-corrected chi connectivity index (χ0v) is 22.8. The molecule has 192 valence electrons. The molecule has 0 spiro atoms. The molecule has 35 heavy (non-hydrogen) atoms. The van der Waals surface area contributed by atoms with E-state index in [1.807, 2.05) is 77.9 Å². The predicted octanol–water partition coefficient (Wildman–Crippen LogP) is 3.83. The largest absolute Gasteiger partial charge is 0.350 e. The number of hydrogen-bond donors (Lipinski definition) is 1. The normalized spacial score (nSPS) is 12.7. The van der Waals surface area contributed by atoms with E-state index in [0.29, 0.717) is 25.1 Å². The third-order valence-corrected chi connectivity index (χ3v) is 7.02. The van der Waals surface area contributed by atoms with Gasteiger partial charge >= 0.3 is 0 Å². The van der Waals surface area contributed by atoms with Crippen molar-refractivity contribution >= 4 is 27.5 Å². The smallest absolute Gasteiger partial charge is 0.244 e. The summed E-state index contributed by atoms with van der Waals surface area (Å²) in [4.78, 5) is 28.4. The van der Waals surface area contributed by atoms with Gasteiger partial charge in [-0.2, -0.15) is 0 Å². The summed E-state index contributed by atoms with van der Waals surface area (Å²) in [5.74, 6) is -0.665. The van der Waals surface area contributed by atoms with Gasteiger partial charge in [0.05, 0.1) is 11.9 Å². The van der Waals surface area contributed by atoms with Gasteiger partial charge in [-0.1, -0.05) is 49.4 Å². The Kier molecular flexibility index (Phi) is 9.49. The van der Waals surface area contributed by atoms with Gasteiger partial charge in [0.2, 0.25) is 21.8 Å². The van der Waals surface area contributed by atoms with E-state index in [1.165, 1.54) is 4.90 Å². The number of benzene rings is 2. The molecule has 1 N–H and O–H groups in total. The highest BCUT2D eigenvalue weighted by Gasteiger charge is 2.33. The first kappa shape index (κ1) is 28.4. The number of nitrogens with one attached hydrogen (secondary N) is 1. The van der Waals surface area contributed by atoms with Gasteiger partial charge in [-0.05, 0) is 70.2 Å². The Morgan fingerprint density at radius 3 is 2.17 bits per heavy atom. The number of nitrogens with zero attached hydrogens (tertiary/aromatic N) is 2. The third-order valence-electron chi connectivity index (χ3n) is 5.89. The Balaban J connectivity index is 2.42. The number of rotatable bonds is 10. The molecular weight excluding hydrogens is 462 g/mol. The Hall–Kier alpha value is -2.87. The van der Waals surface area contributed by atoms with Crippen molar-refractivity contribution in [3.8, 4) is 0 Å². The number of amides is 2. The van der Waals surface area contributed by atoms with Gasteiger partial charge in [0.25, 0.3) is 0 Å². The van der Waals surface area contributed by atoms with Crippen LogP contribution in [-0.4, -0.2) is 56.1 Å². The highest BCUT2D eigenvalue weighted by molar-refractivity contribution is 7.92. The first-order valence-electron chi connectivity index (χ1n) is 11.9. The van der Waals surface area contributed by atoms with Crippen LogP contribution in [0.4, 0.5) is 5.69 Å². The van der Waals surface area contributed by atoms with Crippen LogP contribution in [0.15, 0.2) is 48.5 Å². The van der Waals surface area contributed by atoms with Crippen molar-refractivity contribution in [3.63, 3.8) is 0 Å². The van der Waals surface area contributed by atoms with E-state index >= 15 is 0 Å². The molecule has 1 unspecified atom stereocenters. The van der Waals surface area contributed by atoms with Gasteiger partial charge in [0, 0.05) is 12.1 Å². The monoisotopic (exact) mass is 501 g/mol. The second-order valence-corrected chi connectivity index (χ2v) is 11.9. The van der Waals surface area contributed by atoms with Gasteiger partial charge in [-0.25, -0.2) is 8.42 Å². The molecule has 8 heteroatoms. The lowest BCUT2D eigenvalue weighted by atomic mass is 10.1. The molecule has 0 saturated heterocycles. The number of carbonyl (C=O) groups excluding carboxylic acids is 2. The van der Waals surface area contributed by atoms with Crippen molar-refractivity contribution in [2.24, 2.45) is 0 Å². The molecule has 0 heterocycles. The molecule has 2 aromatic carbocycles. The fourth-order valence-corrected chi connectivity index (χ4v) is 4.85. The second kappa shape index (κ2) is 11.7. The van der Waals surface area contributed by atoms with Crippen LogP contribution >= 0.6 is 0 Å². The van der Waals surface area contributed by atoms with Gasteiger partial charge in [-0.3, -0.25) is 13.9 Å². The SMILES string of the molecule is CCC(C(=O)NC(C)(C)C)N(CCc1ccccc1)C(=O)CN(c1cccc(C)c1C)S(C)(=O)=O. The topological polar surface area (TPSA) is 86.8 Å². The van der Waals surface area contributed by atoms with Gasteiger partial charge in [-0.15, -0.1) is 0 Å². The zero-order valence-electron chi connectivity index (χ0n) is 22.0. The summed E-state index contributed by atoms with van der Waals surface area (Å²) in [6.07, 6.45) is 2.05. The fourth-order valence-electron chi connectivity index (χ4n) is 3.95. The van der Waals surface area contributed by atoms with Crippen LogP contribution in [0.2, 0.25) is 0 Å². The third kappa shape index (κ3) is 8.09. The molecule has 2 aromatic rings. The lowest BCUT2D eigenvalue weighted by Crippen LogP contribution is -2.56. The maximum absolute atomic E-state index is 13.7. The van der Waals surface area contributed by atoms with Crippen molar-refractivity contribution in [2.45, 2.75) is 66.0 Å². The standard InChI is InChI=1S/C27H39N3O4S/c1-8-23(26(32)28-27(4,5)6)29(18-17-22-14-10-9-11-15-22)25(31)19-30(35(7,33)34)24-16-12-13-20(2)21(24)3/h9-16,23H,8,17-19H2,1-7H3,(H,28,32). The summed E-state index contributed by atoms with van der Waals surface area (Å²) >= 11 is 0. The van der Waals surface area contributed by atoms with Crippen molar-refractivity contribution in [3.05, 3.63) is 65.2 Å². The van der Waals surface area contributed by atoms with E-state index in [4.69, 9.17) is 0 Å². The van der Waals surface area contributed by atoms with Gasteiger partial charge in [0.15, 0.2) is 0 Å². The van der Waals surface area contributed by atoms with Crippen molar-refractivity contribution in [2.75, 3.05) is 23.7 Å². The van der Waals surface area contributed by atoms with Crippen molar-refractivity contribution in [1.82, 2.24) is 10.2 Å². The summed E-state index contributed by atoms with van der Waals surface area (Å²) in [6.45, 7) is 11.2. The molecule has 2 amide bonds. The molecule has 0 aromatic heterocycles. The molecule has 0 aliphatic heterocycles. The first-order valence-corrected chi connectivity index (χ1v) is 13.8. The van der Waals surface area contributed by atoms with E-state index in [9.17, 15) is 18.0 Å². The molecule has 0 radical (unpaired) electrons. The molecule has 0 saturated carbocycles. The fraction of sp³-hybridized carbons (Fsp3) is 0.481. The van der Waals surface area contributed by atoms with Crippen LogP contribution in [-0.2, 0) is 26.0 Å². The summed E-state index contributed by atoms with van der Waals surface area (Å²) < 4.78 is 26.7. The molecule has 0 fully saturated rings. The molecule has 7 nitrogen and oxygen atoms in total. The van der Waals surface area contributed by atoms with E-state index < -0.39 is 27.5 Å². The number of aryl methyl sites for hydroxylation is 1. The lowest BCUT2D eigenvalue weighted by molar-refractivity contribution is -0.140. The minimum absolute atomic E-state index is 0.251. The van der Waals surface area contributed by atoms with E-state index in [-0.39, 0.29) is 12.5 Å². The van der Waals surface area contributed by atoms with Crippen molar-refractivity contribution in [1.29, 1.82) is 0 Å². The van der Waals surface area contributed by atoms with Crippen LogP contribution in [0.5, 0.6) is 0 Å². The second-order valence-electron chi connectivity index (χ2n) is 9.97. The maximum Gasteiger partial charge on any atom is 0.244 e. The Bertz CT molecular complexity index is 1120. The quantitative estimate of drug-likeness (QED) is 0.536. The highest BCUT2D eigenvalue weighted by atomic mass is 32.2. The van der Waals surface area contributed by atoms with Crippen molar-refractivity contribution < 1.29 is 18.0 Å². The molecule has 1 atom stereocenters. The van der Waals surface area contributed by atoms with E-state index in [1.54, 1.807) is 12.1 Å². The Morgan fingerprint density at radius 2 is 1.63 bits per heavy atom. The maximum atomic E-state index is 13.7. The van der Waals surface area contributed by atoms with Crippen LogP contribution < -0.4 is 9.62 Å². The number of anilines is 1. The van der Waals surface area contributed by atoms with Crippen LogP contribution in [0, 0.1) is 13.8 Å². The van der Waals surface area contributed by atoms with E-state index in [2.05, 4.69) is 5.32 Å². The summed E-state index contributed by atoms with van der Waals surface area (Å²) in [5.41, 5.74) is 2.76. The summed E-state index contributed by atoms with van der Waals surface area (Å²) in [7, 11) is -3.75. The summed E-state index contributed by atoms with van der Waals surface area (Å²) in [5, 5.41) is 2.97. The Morgan fingerprint density at radius 1 is 1.00 bits per heavy atom. The predicted molar refractivity (Wildman–Crippen MR) is 142 cm³/mol.